The second kappa shape index (κ2) is 13.6. The van der Waals surface area contributed by atoms with Crippen LogP contribution in [0.3, 0.4) is 0 Å². The van der Waals surface area contributed by atoms with E-state index in [4.69, 9.17) is 0 Å². The summed E-state index contributed by atoms with van der Waals surface area (Å²) in [5, 5.41) is 0. The maximum absolute atomic E-state index is 12.5. The Morgan fingerprint density at radius 1 is 1.10 bits per heavy atom. The molecule has 5 nitrogen and oxygen atoms in total. The van der Waals surface area contributed by atoms with E-state index in [1.54, 1.807) is 6.42 Å². The van der Waals surface area contributed by atoms with Crippen molar-refractivity contribution in [3.8, 4) is 0 Å². The fourth-order valence-electron chi connectivity index (χ4n) is 5.14. The van der Waals surface area contributed by atoms with Gasteiger partial charge in [-0.2, -0.15) is 19.1 Å². The number of piperidine rings is 2. The SMILES string of the molecule is CC(C)[CH-]C(=O)N1CCC2(CC1)CC(=O)N(C)CC2c1ccccc1.O=[C-]c1cc(C(F)(F)F)ccc1F.[Nb+2]. The van der Waals surface area contributed by atoms with Crippen molar-refractivity contribution in [1.82, 2.24) is 9.80 Å². The molecule has 2 heterocycles. The van der Waals surface area contributed by atoms with Crippen molar-refractivity contribution in [2.45, 2.75) is 45.2 Å². The van der Waals surface area contributed by atoms with Crippen molar-refractivity contribution >= 4 is 18.1 Å². The molecule has 0 bridgehead atoms. The number of halogens is 4. The zero-order chi connectivity index (χ0) is 28.1. The summed E-state index contributed by atoms with van der Waals surface area (Å²) in [5.74, 6) is -0.0165. The van der Waals surface area contributed by atoms with Crippen molar-refractivity contribution in [2.75, 3.05) is 26.7 Å². The third-order valence-electron chi connectivity index (χ3n) is 7.28. The van der Waals surface area contributed by atoms with Crippen LogP contribution in [0.15, 0.2) is 48.5 Å². The fraction of sp³-hybridized carbons (Fsp3) is 0.448. The van der Waals surface area contributed by atoms with Gasteiger partial charge in [0, 0.05) is 44.8 Å². The largest absolute Gasteiger partial charge is 2.00 e. The van der Waals surface area contributed by atoms with E-state index >= 15 is 0 Å². The number of rotatable bonds is 4. The second-order valence-electron chi connectivity index (χ2n) is 10.3. The van der Waals surface area contributed by atoms with E-state index in [9.17, 15) is 31.9 Å². The van der Waals surface area contributed by atoms with Gasteiger partial charge in [0.15, 0.2) is 0 Å². The quantitative estimate of drug-likeness (QED) is 0.260. The molecule has 2 amide bonds. The van der Waals surface area contributed by atoms with Crippen LogP contribution in [0, 0.1) is 23.6 Å². The van der Waals surface area contributed by atoms with Crippen LogP contribution in [-0.2, 0) is 42.9 Å². The number of alkyl halides is 3. The Morgan fingerprint density at radius 2 is 1.72 bits per heavy atom. The van der Waals surface area contributed by atoms with E-state index in [1.165, 1.54) is 5.56 Å². The van der Waals surface area contributed by atoms with Crippen molar-refractivity contribution in [2.24, 2.45) is 11.3 Å². The third-order valence-corrected chi connectivity index (χ3v) is 7.28. The summed E-state index contributed by atoms with van der Waals surface area (Å²) in [6.45, 7) is 6.34. The van der Waals surface area contributed by atoms with Gasteiger partial charge >= 0.3 is 28.6 Å². The molecule has 1 spiro atoms. The average molecular weight is 625 g/mol. The average Bonchev–Trinajstić information content (AvgIpc) is 2.87. The smallest absolute Gasteiger partial charge is 0.376 e. The summed E-state index contributed by atoms with van der Waals surface area (Å²) >= 11 is 0. The van der Waals surface area contributed by atoms with Crippen LogP contribution in [0.25, 0.3) is 0 Å². The normalized spacial score (nSPS) is 18.7. The number of carbonyl (C=O) groups is 2. The number of hydrogen-bond donors (Lipinski definition) is 0. The predicted octanol–water partition coefficient (Wildman–Crippen LogP) is 5.40. The van der Waals surface area contributed by atoms with Crippen LogP contribution in [-0.4, -0.2) is 54.6 Å². The zero-order valence-corrected chi connectivity index (χ0v) is 24.4. The van der Waals surface area contributed by atoms with Crippen LogP contribution >= 0.6 is 0 Å². The molecule has 2 aromatic carbocycles. The van der Waals surface area contributed by atoms with Crippen molar-refractivity contribution in [3.63, 3.8) is 0 Å². The first-order valence-electron chi connectivity index (χ1n) is 12.5. The number of hydrogen-bond acceptors (Lipinski definition) is 3. The molecule has 0 aromatic heterocycles. The Balaban J connectivity index is 0.000000324. The Kier molecular flexibility index (Phi) is 11.4. The van der Waals surface area contributed by atoms with Gasteiger partial charge in [-0.3, -0.25) is 9.18 Å². The van der Waals surface area contributed by atoms with Gasteiger partial charge in [-0.15, -0.1) is 11.6 Å². The van der Waals surface area contributed by atoms with Crippen molar-refractivity contribution in [3.05, 3.63) is 77.5 Å². The first kappa shape index (κ1) is 32.6. The molecule has 0 N–H and O–H groups in total. The van der Waals surface area contributed by atoms with Gasteiger partial charge in [-0.1, -0.05) is 56.3 Å². The summed E-state index contributed by atoms with van der Waals surface area (Å²) in [6.07, 6.45) is 0.720. The maximum Gasteiger partial charge on any atom is 2.00 e. The van der Waals surface area contributed by atoms with E-state index in [-0.39, 0.29) is 45.5 Å². The number of benzene rings is 2. The Labute approximate surface area is 242 Å². The van der Waals surface area contributed by atoms with E-state index in [2.05, 4.69) is 24.3 Å². The van der Waals surface area contributed by atoms with Gasteiger partial charge in [0.1, 0.15) is 0 Å². The van der Waals surface area contributed by atoms with E-state index in [0.717, 1.165) is 38.8 Å². The third kappa shape index (κ3) is 8.19. The first-order chi connectivity index (χ1) is 17.9. The molecule has 2 aliphatic rings. The maximum atomic E-state index is 12.5. The van der Waals surface area contributed by atoms with E-state index < -0.39 is 23.1 Å². The molecule has 2 fully saturated rings. The zero-order valence-electron chi connectivity index (χ0n) is 22.2. The topological polar surface area (TPSA) is 57.7 Å². The minimum Gasteiger partial charge on any atom is -0.376 e. The number of likely N-dealkylation sites (N-methyl/N-ethyl adjacent to an activating group) is 1. The fourth-order valence-corrected chi connectivity index (χ4v) is 5.14. The molecular formula is C29H32F4N2NbO3. The first-order valence-corrected chi connectivity index (χ1v) is 12.5. The summed E-state index contributed by atoms with van der Waals surface area (Å²) in [4.78, 5) is 38.6. The number of carbonyl (C=O) groups excluding carboxylic acids is 3. The van der Waals surface area contributed by atoms with Crippen LogP contribution in [0.5, 0.6) is 0 Å². The number of likely N-dealkylation sites (tertiary alicyclic amines) is 2. The Hall–Kier alpha value is -2.62. The Morgan fingerprint density at radius 3 is 2.26 bits per heavy atom. The van der Waals surface area contributed by atoms with Crippen molar-refractivity contribution < 1.29 is 54.3 Å². The summed E-state index contributed by atoms with van der Waals surface area (Å²) in [7, 11) is 1.90. The van der Waals surface area contributed by atoms with Crippen LogP contribution in [0.2, 0.25) is 0 Å². The summed E-state index contributed by atoms with van der Waals surface area (Å²) < 4.78 is 48.5. The van der Waals surface area contributed by atoms with Crippen LogP contribution < -0.4 is 0 Å². The minimum absolute atomic E-state index is 0. The molecule has 4 rings (SSSR count). The van der Waals surface area contributed by atoms with E-state index in [1.807, 2.05) is 36.8 Å². The molecule has 39 heavy (non-hydrogen) atoms. The van der Waals surface area contributed by atoms with Gasteiger partial charge in [0.2, 0.25) is 5.91 Å². The van der Waals surface area contributed by atoms with Crippen LogP contribution in [0.1, 0.15) is 55.7 Å². The predicted molar refractivity (Wildman–Crippen MR) is 135 cm³/mol. The number of nitrogens with zero attached hydrogens (tertiary/aromatic N) is 2. The molecular weight excluding hydrogens is 593 g/mol. The van der Waals surface area contributed by atoms with Crippen LogP contribution in [0.4, 0.5) is 17.6 Å². The second-order valence-corrected chi connectivity index (χ2v) is 10.3. The van der Waals surface area contributed by atoms with Crippen molar-refractivity contribution in [1.29, 1.82) is 0 Å². The molecule has 1 atom stereocenters. The molecule has 0 aliphatic carbocycles. The molecule has 2 aliphatic heterocycles. The van der Waals surface area contributed by atoms with Gasteiger partial charge in [-0.25, -0.2) is 0 Å². The molecule has 0 saturated carbocycles. The van der Waals surface area contributed by atoms with Gasteiger partial charge in [0.05, 0.1) is 12.2 Å². The standard InChI is InChI=1S/C21H29N2O2.C8H3F4O.Nb/c1-16(2)13-19(24)23-11-9-21(10-12-23)14-20(25)22(3)15-18(21)17-7-5-4-6-8-17;9-7-2-1-6(8(10,11)12)3-5(7)4-13;/h4-8,13,16,18H,9-12,14-15H2,1-3H3;1-3H;/q2*-1;+2. The summed E-state index contributed by atoms with van der Waals surface area (Å²) in [6, 6.07) is 12.1. The molecule has 209 valence electrons. The van der Waals surface area contributed by atoms with Gasteiger partial charge in [-0.05, 0) is 29.4 Å². The molecule has 10 heteroatoms. The monoisotopic (exact) mass is 625 g/mol. The summed E-state index contributed by atoms with van der Waals surface area (Å²) in [5.41, 5.74) is -0.475. The number of amides is 2. The molecule has 1 radical (unpaired) electrons. The molecule has 2 aromatic rings. The van der Waals surface area contributed by atoms with Gasteiger partial charge in [0.25, 0.3) is 0 Å². The molecule has 2 saturated heterocycles. The van der Waals surface area contributed by atoms with E-state index in [0.29, 0.717) is 30.5 Å². The minimum atomic E-state index is -4.57. The Bertz CT molecular complexity index is 1130. The molecule has 1 unspecified atom stereocenters. The van der Waals surface area contributed by atoms with Gasteiger partial charge < -0.3 is 25.8 Å².